The highest BCUT2D eigenvalue weighted by molar-refractivity contribution is 5.58. The van der Waals surface area contributed by atoms with E-state index in [0.717, 1.165) is 12.1 Å². The van der Waals surface area contributed by atoms with Crippen molar-refractivity contribution in [3.63, 3.8) is 0 Å². The number of rotatable bonds is 2. The molecule has 2 rings (SSSR count). The number of furan rings is 1. The van der Waals surface area contributed by atoms with Gasteiger partial charge in [0.2, 0.25) is 0 Å². The fourth-order valence-electron chi connectivity index (χ4n) is 1.42. The Morgan fingerprint density at radius 1 is 1.24 bits per heavy atom. The normalized spacial score (nSPS) is 11.8. The van der Waals surface area contributed by atoms with E-state index < -0.39 is 18.3 Å². The highest BCUT2D eigenvalue weighted by Gasteiger charge is 2.35. The van der Waals surface area contributed by atoms with Crippen molar-refractivity contribution in [3.8, 4) is 11.5 Å². The summed E-state index contributed by atoms with van der Waals surface area (Å²) in [7, 11) is 0. The zero-order valence-corrected chi connectivity index (χ0v) is 8.53. The van der Waals surface area contributed by atoms with Crippen molar-refractivity contribution in [2.24, 2.45) is 0 Å². The Morgan fingerprint density at radius 3 is 2.53 bits per heavy atom. The van der Waals surface area contributed by atoms with Crippen LogP contribution in [0.25, 0.3) is 11.5 Å². The molecule has 2 heterocycles. The van der Waals surface area contributed by atoms with E-state index in [1.807, 2.05) is 0 Å². The standard InChI is InChI=1S/C11H8F3NO2/c12-11(13,14)8-4-3-7(6-16)15-10(8)9-2-1-5-17-9/h1-5,16H,6H2. The summed E-state index contributed by atoms with van der Waals surface area (Å²) in [6.45, 7) is -0.425. The Labute approximate surface area is 94.5 Å². The molecule has 0 aliphatic heterocycles. The van der Waals surface area contributed by atoms with E-state index in [-0.39, 0.29) is 17.1 Å². The summed E-state index contributed by atoms with van der Waals surface area (Å²) < 4.78 is 43.1. The molecule has 1 N–H and O–H groups in total. The number of pyridine rings is 1. The lowest BCUT2D eigenvalue weighted by atomic mass is 10.1. The minimum Gasteiger partial charge on any atom is -0.463 e. The second-order valence-corrected chi connectivity index (χ2v) is 3.33. The van der Waals surface area contributed by atoms with Gasteiger partial charge in [-0.15, -0.1) is 0 Å². The molecule has 0 bridgehead atoms. The van der Waals surface area contributed by atoms with Crippen molar-refractivity contribution in [1.29, 1.82) is 0 Å². The number of aromatic nitrogens is 1. The second kappa shape index (κ2) is 4.21. The molecule has 2 aromatic rings. The van der Waals surface area contributed by atoms with Crippen molar-refractivity contribution in [2.45, 2.75) is 12.8 Å². The average Bonchev–Trinajstić information content (AvgIpc) is 2.80. The van der Waals surface area contributed by atoms with Gasteiger partial charge in [0.05, 0.1) is 24.1 Å². The number of nitrogens with zero attached hydrogens (tertiary/aromatic N) is 1. The number of hydrogen-bond acceptors (Lipinski definition) is 3. The maximum Gasteiger partial charge on any atom is 0.418 e. The quantitative estimate of drug-likeness (QED) is 0.882. The maximum absolute atomic E-state index is 12.7. The van der Waals surface area contributed by atoms with Gasteiger partial charge in [-0.1, -0.05) is 0 Å². The fourth-order valence-corrected chi connectivity index (χ4v) is 1.42. The van der Waals surface area contributed by atoms with E-state index in [0.29, 0.717) is 0 Å². The predicted molar refractivity (Wildman–Crippen MR) is 52.9 cm³/mol. The van der Waals surface area contributed by atoms with E-state index >= 15 is 0 Å². The van der Waals surface area contributed by atoms with E-state index in [2.05, 4.69) is 4.98 Å². The topological polar surface area (TPSA) is 46.3 Å². The second-order valence-electron chi connectivity index (χ2n) is 3.33. The average molecular weight is 243 g/mol. The van der Waals surface area contributed by atoms with E-state index in [1.54, 1.807) is 0 Å². The van der Waals surface area contributed by atoms with E-state index in [4.69, 9.17) is 9.52 Å². The highest BCUT2D eigenvalue weighted by atomic mass is 19.4. The van der Waals surface area contributed by atoms with Crippen LogP contribution in [-0.4, -0.2) is 10.1 Å². The van der Waals surface area contributed by atoms with Gasteiger partial charge in [-0.25, -0.2) is 4.98 Å². The first-order valence-corrected chi connectivity index (χ1v) is 4.74. The summed E-state index contributed by atoms with van der Waals surface area (Å²) in [5, 5.41) is 8.88. The lowest BCUT2D eigenvalue weighted by Crippen LogP contribution is -2.09. The summed E-state index contributed by atoms with van der Waals surface area (Å²) in [5.74, 6) is 0.0209. The molecule has 6 heteroatoms. The number of halogens is 3. The van der Waals surface area contributed by atoms with Crippen LogP contribution in [0.4, 0.5) is 13.2 Å². The number of hydrogen-bond donors (Lipinski definition) is 1. The maximum atomic E-state index is 12.7. The molecule has 0 atom stereocenters. The van der Waals surface area contributed by atoms with Crippen molar-refractivity contribution >= 4 is 0 Å². The molecule has 0 aliphatic carbocycles. The highest BCUT2D eigenvalue weighted by Crippen LogP contribution is 2.36. The fraction of sp³-hybridized carbons (Fsp3) is 0.182. The van der Waals surface area contributed by atoms with E-state index in [1.165, 1.54) is 18.4 Å². The Hall–Kier alpha value is -1.82. The van der Waals surface area contributed by atoms with Crippen molar-refractivity contribution < 1.29 is 22.7 Å². The SMILES string of the molecule is OCc1ccc(C(F)(F)F)c(-c2ccco2)n1. The summed E-state index contributed by atoms with van der Waals surface area (Å²) in [6, 6.07) is 4.88. The molecule has 0 spiro atoms. The molecule has 0 aliphatic rings. The van der Waals surface area contributed by atoms with Crippen LogP contribution < -0.4 is 0 Å². The summed E-state index contributed by atoms with van der Waals surface area (Å²) in [4.78, 5) is 3.74. The Morgan fingerprint density at radius 2 is 2.00 bits per heavy atom. The number of alkyl halides is 3. The molecule has 0 fully saturated rings. The van der Waals surface area contributed by atoms with Gasteiger partial charge in [0.15, 0.2) is 5.76 Å². The predicted octanol–water partition coefficient (Wildman–Crippen LogP) is 2.85. The van der Waals surface area contributed by atoms with Gasteiger partial charge in [-0.3, -0.25) is 0 Å². The smallest absolute Gasteiger partial charge is 0.418 e. The number of aliphatic hydroxyl groups is 1. The Bertz CT molecular complexity index is 506. The van der Waals surface area contributed by atoms with Crippen LogP contribution in [0.1, 0.15) is 11.3 Å². The zero-order valence-electron chi connectivity index (χ0n) is 8.53. The van der Waals surface area contributed by atoms with Gasteiger partial charge in [-0.05, 0) is 24.3 Å². The van der Waals surface area contributed by atoms with Crippen molar-refractivity contribution in [2.75, 3.05) is 0 Å². The van der Waals surface area contributed by atoms with Crippen LogP contribution in [0.2, 0.25) is 0 Å². The minimum atomic E-state index is -4.51. The monoisotopic (exact) mass is 243 g/mol. The van der Waals surface area contributed by atoms with Gasteiger partial charge < -0.3 is 9.52 Å². The molecule has 0 unspecified atom stereocenters. The third kappa shape index (κ3) is 2.31. The molecule has 3 nitrogen and oxygen atoms in total. The summed E-state index contributed by atoms with van der Waals surface area (Å²) in [6.07, 6.45) is -3.24. The van der Waals surface area contributed by atoms with Gasteiger partial charge in [-0.2, -0.15) is 13.2 Å². The summed E-state index contributed by atoms with van der Waals surface area (Å²) >= 11 is 0. The largest absolute Gasteiger partial charge is 0.463 e. The van der Waals surface area contributed by atoms with Crippen LogP contribution in [0.3, 0.4) is 0 Å². The first-order valence-electron chi connectivity index (χ1n) is 4.74. The molecule has 90 valence electrons. The van der Waals surface area contributed by atoms with Crippen LogP contribution in [0.15, 0.2) is 34.9 Å². The molecular formula is C11H8F3NO2. The third-order valence-electron chi connectivity index (χ3n) is 2.17. The molecular weight excluding hydrogens is 235 g/mol. The van der Waals surface area contributed by atoms with Gasteiger partial charge in [0, 0.05) is 0 Å². The lowest BCUT2D eigenvalue weighted by molar-refractivity contribution is -0.137. The minimum absolute atomic E-state index is 0.0209. The first-order chi connectivity index (χ1) is 8.02. The Kier molecular flexibility index (Phi) is 2.89. The molecule has 0 saturated carbocycles. The van der Waals surface area contributed by atoms with Crippen molar-refractivity contribution in [3.05, 3.63) is 41.8 Å². The van der Waals surface area contributed by atoms with Crippen LogP contribution in [0, 0.1) is 0 Å². The Balaban J connectivity index is 2.61. The van der Waals surface area contributed by atoms with Gasteiger partial charge in [0.25, 0.3) is 0 Å². The van der Waals surface area contributed by atoms with Crippen LogP contribution in [-0.2, 0) is 12.8 Å². The first kappa shape index (κ1) is 11.7. The van der Waals surface area contributed by atoms with Crippen molar-refractivity contribution in [1.82, 2.24) is 4.98 Å². The van der Waals surface area contributed by atoms with Gasteiger partial charge >= 0.3 is 6.18 Å². The lowest BCUT2D eigenvalue weighted by Gasteiger charge is -2.11. The van der Waals surface area contributed by atoms with Crippen LogP contribution in [0.5, 0.6) is 0 Å². The number of aliphatic hydroxyl groups excluding tert-OH is 1. The molecule has 0 radical (unpaired) electrons. The third-order valence-corrected chi connectivity index (χ3v) is 2.17. The van der Waals surface area contributed by atoms with E-state index in [9.17, 15) is 13.2 Å². The van der Waals surface area contributed by atoms with Gasteiger partial charge in [0.1, 0.15) is 5.69 Å². The molecule has 0 aromatic carbocycles. The zero-order chi connectivity index (χ0) is 12.5. The summed E-state index contributed by atoms with van der Waals surface area (Å²) in [5.41, 5.74) is -1.04. The molecule has 0 saturated heterocycles. The van der Waals surface area contributed by atoms with Crippen LogP contribution >= 0.6 is 0 Å². The molecule has 0 amide bonds. The molecule has 17 heavy (non-hydrogen) atoms. The molecule has 2 aromatic heterocycles.